The van der Waals surface area contributed by atoms with Crippen molar-refractivity contribution in [3.05, 3.63) is 57.4 Å². The predicted octanol–water partition coefficient (Wildman–Crippen LogP) is 5.56. The molecular formula is C21H25FN2. The number of hydrogen-bond donors (Lipinski definition) is 1. The van der Waals surface area contributed by atoms with Crippen LogP contribution in [0.3, 0.4) is 0 Å². The molecular weight excluding hydrogens is 299 g/mol. The van der Waals surface area contributed by atoms with Crippen molar-refractivity contribution in [2.24, 2.45) is 4.99 Å². The van der Waals surface area contributed by atoms with E-state index in [0.29, 0.717) is 5.92 Å². The van der Waals surface area contributed by atoms with Crippen molar-refractivity contribution < 1.29 is 4.39 Å². The number of hydrogen-bond acceptors (Lipinski definition) is 2. The van der Waals surface area contributed by atoms with Gasteiger partial charge in [0.05, 0.1) is 5.92 Å². The van der Waals surface area contributed by atoms with Gasteiger partial charge in [0.25, 0.3) is 0 Å². The van der Waals surface area contributed by atoms with Gasteiger partial charge in [-0.2, -0.15) is 0 Å². The zero-order chi connectivity index (χ0) is 17.3. The van der Waals surface area contributed by atoms with Crippen molar-refractivity contribution in [1.82, 2.24) is 0 Å². The summed E-state index contributed by atoms with van der Waals surface area (Å²) in [6, 6.07) is 4.34. The van der Waals surface area contributed by atoms with Crippen LogP contribution < -0.4 is 0 Å². The average molecular weight is 324 g/mol. The number of halogens is 1. The third-order valence-corrected chi connectivity index (χ3v) is 5.34. The van der Waals surface area contributed by atoms with Crippen molar-refractivity contribution >= 4 is 12.4 Å². The molecule has 2 unspecified atom stereocenters. The predicted molar refractivity (Wildman–Crippen MR) is 99.3 cm³/mol. The highest BCUT2D eigenvalue weighted by atomic mass is 19.1. The molecule has 2 nitrogen and oxygen atoms in total. The number of aryl methyl sites for hydroxylation is 2. The van der Waals surface area contributed by atoms with Crippen molar-refractivity contribution in [3.8, 4) is 0 Å². The third-order valence-electron chi connectivity index (χ3n) is 5.34. The van der Waals surface area contributed by atoms with E-state index in [0.717, 1.165) is 36.8 Å². The third kappa shape index (κ3) is 2.88. The maximum atomic E-state index is 14.1. The number of aliphatic imine (C=N–C) groups is 1. The molecule has 0 aliphatic heterocycles. The number of nitrogens with zero attached hydrogens (tertiary/aromatic N) is 1. The average Bonchev–Trinajstić information content (AvgIpc) is 3.04. The van der Waals surface area contributed by atoms with Gasteiger partial charge < -0.3 is 5.41 Å². The number of nitrogens with one attached hydrogen (secondary N) is 1. The summed E-state index contributed by atoms with van der Waals surface area (Å²) >= 11 is 0. The van der Waals surface area contributed by atoms with E-state index >= 15 is 0 Å². The molecule has 3 rings (SSSR count). The van der Waals surface area contributed by atoms with E-state index in [1.807, 2.05) is 0 Å². The van der Waals surface area contributed by atoms with Crippen LogP contribution in [0.4, 0.5) is 4.39 Å². The van der Waals surface area contributed by atoms with Crippen molar-refractivity contribution in [1.29, 1.82) is 5.41 Å². The van der Waals surface area contributed by atoms with Gasteiger partial charge in [0, 0.05) is 25.4 Å². The van der Waals surface area contributed by atoms with Gasteiger partial charge in [-0.15, -0.1) is 0 Å². The molecule has 0 heterocycles. The Morgan fingerprint density at radius 1 is 1.25 bits per heavy atom. The van der Waals surface area contributed by atoms with E-state index in [-0.39, 0.29) is 11.7 Å². The normalized spacial score (nSPS) is 21.8. The summed E-state index contributed by atoms with van der Waals surface area (Å²) in [5.74, 6) is 0.245. The van der Waals surface area contributed by atoms with Gasteiger partial charge in [0.15, 0.2) is 0 Å². The molecule has 126 valence electrons. The second-order valence-corrected chi connectivity index (χ2v) is 6.87. The molecule has 2 aliphatic carbocycles. The van der Waals surface area contributed by atoms with Gasteiger partial charge >= 0.3 is 0 Å². The lowest BCUT2D eigenvalue weighted by molar-refractivity contribution is 0.612. The number of allylic oxidation sites excluding steroid dienone is 4. The van der Waals surface area contributed by atoms with E-state index in [1.54, 1.807) is 19.3 Å². The Balaban J connectivity index is 2.03. The quantitative estimate of drug-likeness (QED) is 0.704. The van der Waals surface area contributed by atoms with Crippen molar-refractivity contribution in [2.75, 3.05) is 7.05 Å². The minimum Gasteiger partial charge on any atom is -0.312 e. The smallest absolute Gasteiger partial charge is 0.122 e. The molecule has 0 bridgehead atoms. The van der Waals surface area contributed by atoms with E-state index in [2.05, 4.69) is 31.0 Å². The largest absolute Gasteiger partial charge is 0.312 e. The van der Waals surface area contributed by atoms with Crippen LogP contribution in [0.2, 0.25) is 0 Å². The molecule has 1 N–H and O–H groups in total. The minimum atomic E-state index is -0.0774. The lowest BCUT2D eigenvalue weighted by Crippen LogP contribution is -2.11. The summed E-state index contributed by atoms with van der Waals surface area (Å²) < 4.78 is 14.1. The lowest BCUT2D eigenvalue weighted by Gasteiger charge is -2.27. The van der Waals surface area contributed by atoms with Gasteiger partial charge in [-0.3, -0.25) is 4.99 Å². The van der Waals surface area contributed by atoms with Crippen LogP contribution in [0.15, 0.2) is 40.2 Å². The second kappa shape index (κ2) is 6.84. The molecule has 2 atom stereocenters. The molecule has 0 amide bonds. The van der Waals surface area contributed by atoms with E-state index in [9.17, 15) is 4.39 Å². The van der Waals surface area contributed by atoms with Gasteiger partial charge in [0.1, 0.15) is 5.83 Å². The summed E-state index contributed by atoms with van der Waals surface area (Å²) in [4.78, 5) is 4.07. The van der Waals surface area contributed by atoms with Crippen LogP contribution in [-0.4, -0.2) is 19.5 Å². The van der Waals surface area contributed by atoms with Crippen molar-refractivity contribution in [2.45, 2.75) is 51.4 Å². The Labute approximate surface area is 143 Å². The Kier molecular flexibility index (Phi) is 4.79. The number of rotatable bonds is 4. The summed E-state index contributed by atoms with van der Waals surface area (Å²) in [5.41, 5.74) is 7.19. The Morgan fingerprint density at radius 2 is 1.96 bits per heavy atom. The molecule has 0 radical (unpaired) electrons. The highest BCUT2D eigenvalue weighted by Crippen LogP contribution is 2.47. The molecule has 0 saturated carbocycles. The first-order valence-electron chi connectivity index (χ1n) is 8.68. The Morgan fingerprint density at radius 3 is 2.58 bits per heavy atom. The molecule has 3 heteroatoms. The molecule has 0 fully saturated rings. The number of benzene rings is 1. The SMILES string of the molecule is CN=CC(C=N)c1cc(C)c(C2CC=C(F)C3=C2CCC3)c(C)c1. The molecule has 24 heavy (non-hydrogen) atoms. The summed E-state index contributed by atoms with van der Waals surface area (Å²) in [7, 11) is 1.74. The maximum Gasteiger partial charge on any atom is 0.122 e. The van der Waals surface area contributed by atoms with Crippen LogP contribution in [0, 0.1) is 19.3 Å². The van der Waals surface area contributed by atoms with Crippen LogP contribution >= 0.6 is 0 Å². The zero-order valence-corrected chi connectivity index (χ0v) is 14.7. The molecule has 2 aliphatic rings. The fourth-order valence-corrected chi connectivity index (χ4v) is 4.34. The summed E-state index contributed by atoms with van der Waals surface area (Å²) in [5, 5.41) is 7.64. The van der Waals surface area contributed by atoms with Gasteiger partial charge in [0.2, 0.25) is 0 Å². The summed E-state index contributed by atoms with van der Waals surface area (Å²) in [6.45, 7) is 4.28. The molecule has 0 saturated heterocycles. The Bertz CT molecular complexity index is 732. The van der Waals surface area contributed by atoms with Gasteiger partial charge in [-0.05, 0) is 73.4 Å². The second-order valence-electron chi connectivity index (χ2n) is 6.87. The molecule has 0 aromatic heterocycles. The van der Waals surface area contributed by atoms with E-state index < -0.39 is 0 Å². The minimum absolute atomic E-state index is 0.00806. The Hall–Kier alpha value is -2.03. The first-order valence-corrected chi connectivity index (χ1v) is 8.68. The molecule has 1 aromatic carbocycles. The van der Waals surface area contributed by atoms with Crippen LogP contribution in [-0.2, 0) is 0 Å². The molecule has 1 aromatic rings. The molecule has 0 spiro atoms. The fourth-order valence-electron chi connectivity index (χ4n) is 4.34. The van der Waals surface area contributed by atoms with Crippen LogP contribution in [0.5, 0.6) is 0 Å². The standard InChI is InChI=1S/C21H25FN2/c1-13-9-15(16(11-23)12-24-3)10-14(2)21(13)19-7-8-20(22)18-6-4-5-17(18)19/h8-12,16,19,23H,4-7H2,1-3H3. The van der Waals surface area contributed by atoms with Crippen molar-refractivity contribution in [3.63, 3.8) is 0 Å². The lowest BCUT2D eigenvalue weighted by atomic mass is 9.78. The first-order chi connectivity index (χ1) is 11.6. The highest BCUT2D eigenvalue weighted by molar-refractivity contribution is 5.89. The zero-order valence-electron chi connectivity index (χ0n) is 14.7. The first kappa shape index (κ1) is 16.8. The van der Waals surface area contributed by atoms with E-state index in [1.165, 1.54) is 28.5 Å². The monoisotopic (exact) mass is 324 g/mol. The van der Waals surface area contributed by atoms with Gasteiger partial charge in [-0.25, -0.2) is 4.39 Å². The van der Waals surface area contributed by atoms with E-state index in [4.69, 9.17) is 5.41 Å². The highest BCUT2D eigenvalue weighted by Gasteiger charge is 2.30. The summed E-state index contributed by atoms with van der Waals surface area (Å²) in [6.07, 6.45) is 8.73. The van der Waals surface area contributed by atoms with Crippen LogP contribution in [0.1, 0.15) is 59.8 Å². The maximum absolute atomic E-state index is 14.1. The topological polar surface area (TPSA) is 36.2 Å². The fraction of sp³-hybridized carbons (Fsp3) is 0.429. The van der Waals surface area contributed by atoms with Crippen LogP contribution in [0.25, 0.3) is 0 Å². The van der Waals surface area contributed by atoms with Gasteiger partial charge in [-0.1, -0.05) is 17.7 Å².